The summed E-state index contributed by atoms with van der Waals surface area (Å²) in [5.41, 5.74) is 1.16. The molecule has 2 aromatic rings. The third-order valence-electron chi connectivity index (χ3n) is 4.94. The van der Waals surface area contributed by atoms with Gasteiger partial charge in [0.1, 0.15) is 5.75 Å². The number of tetrazole rings is 1. The maximum Gasteiger partial charge on any atom is 0.178 e. The molecule has 0 unspecified atom stereocenters. The fraction of sp³-hybridized carbons (Fsp3) is 0.682. The van der Waals surface area contributed by atoms with Crippen molar-refractivity contribution in [2.24, 2.45) is 0 Å². The van der Waals surface area contributed by atoms with Gasteiger partial charge in [-0.15, -0.1) is 10.2 Å². The minimum absolute atomic E-state index is 0.690. The van der Waals surface area contributed by atoms with Gasteiger partial charge in [-0.2, -0.15) is 5.21 Å². The number of aromatic nitrogens is 4. The summed E-state index contributed by atoms with van der Waals surface area (Å²) in [6.07, 6.45) is 17.1. The lowest BCUT2D eigenvalue weighted by Crippen LogP contribution is -1.98. The van der Waals surface area contributed by atoms with Crippen molar-refractivity contribution in [3.8, 4) is 5.75 Å². The predicted octanol–water partition coefficient (Wildman–Crippen LogP) is 5.87. The monoisotopic (exact) mass is 372 g/mol. The van der Waals surface area contributed by atoms with Gasteiger partial charge in [0.25, 0.3) is 0 Å². The Labute approximate surface area is 164 Å². The number of unbranched alkanes of at least 4 members (excludes halogenated alkanes) is 11. The zero-order chi connectivity index (χ0) is 19.0. The fourth-order valence-electron chi connectivity index (χ4n) is 3.28. The highest BCUT2D eigenvalue weighted by atomic mass is 16.5. The van der Waals surface area contributed by atoms with E-state index in [2.05, 4.69) is 39.7 Å². The van der Waals surface area contributed by atoms with E-state index in [9.17, 15) is 0 Å². The Balaban J connectivity index is 1.41. The van der Waals surface area contributed by atoms with E-state index in [-0.39, 0.29) is 0 Å². The normalized spacial score (nSPS) is 11.0. The van der Waals surface area contributed by atoms with Crippen LogP contribution in [0.1, 0.15) is 95.4 Å². The van der Waals surface area contributed by atoms with Crippen molar-refractivity contribution < 1.29 is 4.74 Å². The first-order valence-corrected chi connectivity index (χ1v) is 10.8. The molecular formula is C22H36N4O. The van der Waals surface area contributed by atoms with Gasteiger partial charge < -0.3 is 4.74 Å². The number of nitrogens with zero attached hydrogens (tertiary/aromatic N) is 3. The standard InChI is InChI=1S/C22H36N4O/c1-2-3-4-5-6-7-8-9-10-11-12-13-18-27-21-16-14-20(15-17-21)19-22-23-25-26-24-22/h14-17H,2-13,18-19H2,1H3,(H,23,24,25,26). The first-order valence-electron chi connectivity index (χ1n) is 10.8. The average Bonchev–Trinajstić information content (AvgIpc) is 3.20. The molecule has 0 bridgehead atoms. The highest BCUT2D eigenvalue weighted by Crippen LogP contribution is 2.15. The summed E-state index contributed by atoms with van der Waals surface area (Å²) in [5, 5.41) is 14.0. The number of rotatable bonds is 16. The summed E-state index contributed by atoms with van der Waals surface area (Å²) in [4.78, 5) is 0. The lowest BCUT2D eigenvalue weighted by atomic mass is 10.1. The van der Waals surface area contributed by atoms with E-state index in [1.807, 2.05) is 12.1 Å². The van der Waals surface area contributed by atoms with E-state index in [4.69, 9.17) is 4.74 Å². The second-order valence-corrected chi connectivity index (χ2v) is 7.39. The van der Waals surface area contributed by atoms with Gasteiger partial charge in [-0.25, -0.2) is 0 Å². The summed E-state index contributed by atoms with van der Waals surface area (Å²) in [7, 11) is 0. The van der Waals surface area contributed by atoms with E-state index >= 15 is 0 Å². The van der Waals surface area contributed by atoms with Gasteiger partial charge in [0, 0.05) is 6.42 Å². The van der Waals surface area contributed by atoms with Crippen LogP contribution >= 0.6 is 0 Å². The second-order valence-electron chi connectivity index (χ2n) is 7.39. The molecule has 2 rings (SSSR count). The predicted molar refractivity (Wildman–Crippen MR) is 110 cm³/mol. The molecule has 0 aliphatic carbocycles. The Morgan fingerprint density at radius 1 is 0.778 bits per heavy atom. The molecule has 0 aliphatic heterocycles. The Bertz CT molecular complexity index is 569. The van der Waals surface area contributed by atoms with Crippen LogP contribution in [-0.2, 0) is 6.42 Å². The van der Waals surface area contributed by atoms with Crippen LogP contribution in [0.4, 0.5) is 0 Å². The zero-order valence-corrected chi connectivity index (χ0v) is 17.0. The molecule has 0 saturated carbocycles. The van der Waals surface area contributed by atoms with Crippen LogP contribution in [0.2, 0.25) is 0 Å². The van der Waals surface area contributed by atoms with Gasteiger partial charge in [0.15, 0.2) is 5.82 Å². The molecular weight excluding hydrogens is 336 g/mol. The molecule has 5 heteroatoms. The van der Waals surface area contributed by atoms with Crippen molar-refractivity contribution in [3.05, 3.63) is 35.7 Å². The molecule has 1 aromatic heterocycles. The van der Waals surface area contributed by atoms with E-state index in [0.717, 1.165) is 24.3 Å². The first kappa shape index (κ1) is 21.4. The van der Waals surface area contributed by atoms with Crippen molar-refractivity contribution in [2.75, 3.05) is 6.61 Å². The number of benzene rings is 1. The SMILES string of the molecule is CCCCCCCCCCCCCCOc1ccc(Cc2nn[nH]n2)cc1. The molecule has 0 saturated heterocycles. The first-order chi connectivity index (χ1) is 13.4. The third-order valence-corrected chi connectivity index (χ3v) is 4.94. The molecule has 27 heavy (non-hydrogen) atoms. The minimum Gasteiger partial charge on any atom is -0.494 e. The van der Waals surface area contributed by atoms with Crippen LogP contribution in [-0.4, -0.2) is 27.2 Å². The number of H-pyrrole nitrogens is 1. The number of aromatic amines is 1. The number of hydrogen-bond donors (Lipinski definition) is 1. The van der Waals surface area contributed by atoms with Crippen molar-refractivity contribution >= 4 is 0 Å². The Hall–Kier alpha value is -1.91. The van der Waals surface area contributed by atoms with Gasteiger partial charge >= 0.3 is 0 Å². The van der Waals surface area contributed by atoms with Gasteiger partial charge in [0.2, 0.25) is 0 Å². The molecule has 0 radical (unpaired) electrons. The minimum atomic E-state index is 0.690. The largest absolute Gasteiger partial charge is 0.494 e. The van der Waals surface area contributed by atoms with Crippen LogP contribution in [0.3, 0.4) is 0 Å². The molecule has 5 nitrogen and oxygen atoms in total. The van der Waals surface area contributed by atoms with Gasteiger partial charge in [-0.05, 0) is 24.1 Å². The van der Waals surface area contributed by atoms with Crippen molar-refractivity contribution in [1.29, 1.82) is 0 Å². The van der Waals surface area contributed by atoms with Crippen LogP contribution < -0.4 is 4.74 Å². The van der Waals surface area contributed by atoms with Crippen molar-refractivity contribution in [1.82, 2.24) is 20.6 Å². The molecule has 1 heterocycles. The molecule has 0 amide bonds. The maximum atomic E-state index is 5.84. The maximum absolute atomic E-state index is 5.84. The Morgan fingerprint density at radius 3 is 1.93 bits per heavy atom. The summed E-state index contributed by atoms with van der Waals surface area (Å²) >= 11 is 0. The topological polar surface area (TPSA) is 63.7 Å². The Morgan fingerprint density at radius 2 is 1.37 bits per heavy atom. The van der Waals surface area contributed by atoms with Crippen LogP contribution in [0.25, 0.3) is 0 Å². The highest BCUT2D eigenvalue weighted by Gasteiger charge is 2.01. The van der Waals surface area contributed by atoms with Crippen LogP contribution in [0.15, 0.2) is 24.3 Å². The van der Waals surface area contributed by atoms with Crippen LogP contribution in [0, 0.1) is 0 Å². The van der Waals surface area contributed by atoms with E-state index < -0.39 is 0 Å². The van der Waals surface area contributed by atoms with Gasteiger partial charge in [-0.3, -0.25) is 0 Å². The van der Waals surface area contributed by atoms with Crippen molar-refractivity contribution in [3.63, 3.8) is 0 Å². The van der Waals surface area contributed by atoms with E-state index in [1.54, 1.807) is 0 Å². The molecule has 150 valence electrons. The quantitative estimate of drug-likeness (QED) is 0.374. The molecule has 1 N–H and O–H groups in total. The summed E-state index contributed by atoms with van der Waals surface area (Å²) in [5.74, 6) is 1.65. The molecule has 0 fully saturated rings. The van der Waals surface area contributed by atoms with Crippen LogP contribution in [0.5, 0.6) is 5.75 Å². The van der Waals surface area contributed by atoms with E-state index in [0.29, 0.717) is 12.2 Å². The average molecular weight is 373 g/mol. The number of nitrogens with one attached hydrogen (secondary N) is 1. The lowest BCUT2D eigenvalue weighted by molar-refractivity contribution is 0.304. The fourth-order valence-corrected chi connectivity index (χ4v) is 3.28. The molecule has 0 spiro atoms. The molecule has 0 atom stereocenters. The Kier molecular flexibility index (Phi) is 11.2. The number of hydrogen-bond acceptors (Lipinski definition) is 4. The third kappa shape index (κ3) is 10.1. The second kappa shape index (κ2) is 14.2. The van der Waals surface area contributed by atoms with Gasteiger partial charge in [0.05, 0.1) is 6.61 Å². The van der Waals surface area contributed by atoms with Gasteiger partial charge in [-0.1, -0.05) is 94.9 Å². The molecule has 1 aromatic carbocycles. The smallest absolute Gasteiger partial charge is 0.178 e. The van der Waals surface area contributed by atoms with Crippen molar-refractivity contribution in [2.45, 2.75) is 90.4 Å². The summed E-state index contributed by atoms with van der Waals surface area (Å²) < 4.78 is 5.84. The highest BCUT2D eigenvalue weighted by molar-refractivity contribution is 5.28. The molecule has 0 aliphatic rings. The van der Waals surface area contributed by atoms with E-state index in [1.165, 1.54) is 70.6 Å². The summed E-state index contributed by atoms with van der Waals surface area (Å²) in [6, 6.07) is 8.17. The number of ether oxygens (including phenoxy) is 1. The lowest BCUT2D eigenvalue weighted by Gasteiger charge is -2.07. The summed E-state index contributed by atoms with van der Waals surface area (Å²) in [6.45, 7) is 3.09. The zero-order valence-electron chi connectivity index (χ0n) is 17.0.